The highest BCUT2D eigenvalue weighted by Gasteiger charge is 2.23. The first kappa shape index (κ1) is 15.4. The molecule has 0 bridgehead atoms. The predicted molar refractivity (Wildman–Crippen MR) is 66.1 cm³/mol. The number of hydrogen-bond acceptors (Lipinski definition) is 3. The Morgan fingerprint density at radius 2 is 2.00 bits per heavy atom. The van der Waals surface area contributed by atoms with Gasteiger partial charge in [0.05, 0.1) is 11.5 Å². The Balaban J connectivity index is 4.15. The van der Waals surface area contributed by atoms with Crippen molar-refractivity contribution in [2.24, 2.45) is 17.6 Å². The standard InChI is InChI=1S/C12H26N2O2/c1-6-16-12(4,5)8-14-11(15)10(7-13)9(2)3/h9-10H,6-8,13H2,1-5H3,(H,14,15). The van der Waals surface area contributed by atoms with E-state index >= 15 is 0 Å². The zero-order valence-corrected chi connectivity index (χ0v) is 11.2. The van der Waals surface area contributed by atoms with Crippen molar-refractivity contribution in [1.29, 1.82) is 0 Å². The molecule has 0 saturated carbocycles. The molecule has 0 aliphatic rings. The summed E-state index contributed by atoms with van der Waals surface area (Å²) in [7, 11) is 0. The summed E-state index contributed by atoms with van der Waals surface area (Å²) in [4.78, 5) is 11.8. The second-order valence-corrected chi connectivity index (χ2v) is 5.00. The number of nitrogens with two attached hydrogens (primary N) is 1. The fourth-order valence-corrected chi connectivity index (χ4v) is 1.55. The van der Waals surface area contributed by atoms with E-state index in [1.807, 2.05) is 34.6 Å². The van der Waals surface area contributed by atoms with Gasteiger partial charge in [0.15, 0.2) is 0 Å². The van der Waals surface area contributed by atoms with Crippen LogP contribution in [0.1, 0.15) is 34.6 Å². The minimum atomic E-state index is -0.319. The lowest BCUT2D eigenvalue weighted by Crippen LogP contribution is -2.45. The summed E-state index contributed by atoms with van der Waals surface area (Å²) in [6.07, 6.45) is 0. The van der Waals surface area contributed by atoms with Crippen LogP contribution in [0.2, 0.25) is 0 Å². The first-order valence-electron chi connectivity index (χ1n) is 5.95. The number of carbonyl (C=O) groups is 1. The van der Waals surface area contributed by atoms with Crippen molar-refractivity contribution in [3.05, 3.63) is 0 Å². The largest absolute Gasteiger partial charge is 0.374 e. The molecule has 0 aromatic heterocycles. The van der Waals surface area contributed by atoms with Crippen LogP contribution in [0.4, 0.5) is 0 Å². The first-order chi connectivity index (χ1) is 7.34. The molecule has 0 radical (unpaired) electrons. The van der Waals surface area contributed by atoms with Crippen molar-refractivity contribution >= 4 is 5.91 Å². The molecular formula is C12H26N2O2. The Labute approximate surface area is 98.9 Å². The third-order valence-corrected chi connectivity index (χ3v) is 2.62. The van der Waals surface area contributed by atoms with Gasteiger partial charge in [-0.3, -0.25) is 4.79 Å². The van der Waals surface area contributed by atoms with Crippen LogP contribution >= 0.6 is 0 Å². The Kier molecular flexibility index (Phi) is 6.60. The molecule has 0 aliphatic carbocycles. The highest BCUT2D eigenvalue weighted by atomic mass is 16.5. The second kappa shape index (κ2) is 6.86. The van der Waals surface area contributed by atoms with Crippen LogP contribution in [-0.4, -0.2) is 31.2 Å². The quantitative estimate of drug-likeness (QED) is 0.689. The smallest absolute Gasteiger partial charge is 0.224 e. The molecular weight excluding hydrogens is 204 g/mol. The van der Waals surface area contributed by atoms with Crippen LogP contribution < -0.4 is 11.1 Å². The summed E-state index contributed by atoms with van der Waals surface area (Å²) in [6, 6.07) is 0. The zero-order chi connectivity index (χ0) is 12.8. The lowest BCUT2D eigenvalue weighted by molar-refractivity contribution is -0.127. The number of carbonyl (C=O) groups excluding carboxylic acids is 1. The van der Waals surface area contributed by atoms with Gasteiger partial charge in [-0.1, -0.05) is 13.8 Å². The van der Waals surface area contributed by atoms with Crippen LogP contribution in [0, 0.1) is 11.8 Å². The van der Waals surface area contributed by atoms with Crippen molar-refractivity contribution in [3.8, 4) is 0 Å². The summed E-state index contributed by atoms with van der Waals surface area (Å²) in [5.74, 6) is 0.169. The van der Waals surface area contributed by atoms with Gasteiger partial charge in [-0.25, -0.2) is 0 Å². The molecule has 0 aromatic rings. The maximum Gasteiger partial charge on any atom is 0.224 e. The molecule has 0 spiro atoms. The van der Waals surface area contributed by atoms with Gasteiger partial charge < -0.3 is 15.8 Å². The highest BCUT2D eigenvalue weighted by molar-refractivity contribution is 5.79. The van der Waals surface area contributed by atoms with E-state index in [9.17, 15) is 4.79 Å². The Bertz CT molecular complexity index is 215. The minimum absolute atomic E-state index is 0.0188. The van der Waals surface area contributed by atoms with Gasteiger partial charge in [0.1, 0.15) is 0 Å². The maximum absolute atomic E-state index is 11.8. The molecule has 4 heteroatoms. The van der Waals surface area contributed by atoms with Crippen LogP contribution in [-0.2, 0) is 9.53 Å². The van der Waals surface area contributed by atoms with E-state index in [2.05, 4.69) is 5.32 Å². The lowest BCUT2D eigenvalue weighted by atomic mass is 9.95. The van der Waals surface area contributed by atoms with E-state index in [0.29, 0.717) is 19.7 Å². The third-order valence-electron chi connectivity index (χ3n) is 2.62. The van der Waals surface area contributed by atoms with E-state index in [1.165, 1.54) is 0 Å². The number of rotatable bonds is 7. The number of amides is 1. The van der Waals surface area contributed by atoms with E-state index in [4.69, 9.17) is 10.5 Å². The first-order valence-corrected chi connectivity index (χ1v) is 5.95. The fourth-order valence-electron chi connectivity index (χ4n) is 1.55. The zero-order valence-electron chi connectivity index (χ0n) is 11.2. The van der Waals surface area contributed by atoms with E-state index in [1.54, 1.807) is 0 Å². The molecule has 16 heavy (non-hydrogen) atoms. The molecule has 0 aliphatic heterocycles. The number of ether oxygens (including phenoxy) is 1. The molecule has 96 valence electrons. The molecule has 1 unspecified atom stereocenters. The summed E-state index contributed by atoms with van der Waals surface area (Å²) >= 11 is 0. The number of nitrogens with one attached hydrogen (secondary N) is 1. The van der Waals surface area contributed by atoms with Crippen LogP contribution in [0.3, 0.4) is 0 Å². The SMILES string of the molecule is CCOC(C)(C)CNC(=O)C(CN)C(C)C. The monoisotopic (exact) mass is 230 g/mol. The molecule has 0 aromatic carbocycles. The van der Waals surface area contributed by atoms with Gasteiger partial charge >= 0.3 is 0 Å². The normalized spacial score (nSPS) is 13.9. The van der Waals surface area contributed by atoms with Crippen LogP contribution in [0.25, 0.3) is 0 Å². The van der Waals surface area contributed by atoms with Gasteiger partial charge in [0.2, 0.25) is 5.91 Å². The summed E-state index contributed by atoms with van der Waals surface area (Å²) in [5.41, 5.74) is 5.26. The Morgan fingerprint density at radius 1 is 1.44 bits per heavy atom. The molecule has 3 N–H and O–H groups in total. The highest BCUT2D eigenvalue weighted by Crippen LogP contribution is 2.11. The topological polar surface area (TPSA) is 64.3 Å². The lowest BCUT2D eigenvalue weighted by Gasteiger charge is -2.26. The van der Waals surface area contributed by atoms with Gasteiger partial charge in [-0.2, -0.15) is 0 Å². The van der Waals surface area contributed by atoms with Crippen molar-refractivity contribution in [1.82, 2.24) is 5.32 Å². The Morgan fingerprint density at radius 3 is 2.38 bits per heavy atom. The third kappa shape index (κ3) is 5.47. The van der Waals surface area contributed by atoms with Gasteiger partial charge in [0.25, 0.3) is 0 Å². The van der Waals surface area contributed by atoms with Crippen molar-refractivity contribution < 1.29 is 9.53 Å². The molecule has 0 rings (SSSR count). The van der Waals surface area contributed by atoms with Crippen molar-refractivity contribution in [2.45, 2.75) is 40.2 Å². The van der Waals surface area contributed by atoms with E-state index in [0.717, 1.165) is 0 Å². The molecule has 1 atom stereocenters. The maximum atomic E-state index is 11.8. The van der Waals surface area contributed by atoms with E-state index in [-0.39, 0.29) is 23.3 Å². The molecule has 0 fully saturated rings. The fraction of sp³-hybridized carbons (Fsp3) is 0.917. The average Bonchev–Trinajstić information content (AvgIpc) is 2.15. The van der Waals surface area contributed by atoms with Gasteiger partial charge in [-0.15, -0.1) is 0 Å². The van der Waals surface area contributed by atoms with Gasteiger partial charge in [-0.05, 0) is 26.7 Å². The summed E-state index contributed by atoms with van der Waals surface area (Å²) in [6.45, 7) is 11.4. The Hall–Kier alpha value is -0.610. The van der Waals surface area contributed by atoms with Gasteiger partial charge in [0, 0.05) is 19.7 Å². The van der Waals surface area contributed by atoms with E-state index < -0.39 is 0 Å². The van der Waals surface area contributed by atoms with Crippen molar-refractivity contribution in [3.63, 3.8) is 0 Å². The summed E-state index contributed by atoms with van der Waals surface area (Å²) in [5, 5.41) is 2.90. The number of hydrogen-bond donors (Lipinski definition) is 2. The summed E-state index contributed by atoms with van der Waals surface area (Å²) < 4.78 is 5.51. The second-order valence-electron chi connectivity index (χ2n) is 5.00. The molecule has 0 heterocycles. The average molecular weight is 230 g/mol. The van der Waals surface area contributed by atoms with Crippen LogP contribution in [0.15, 0.2) is 0 Å². The minimum Gasteiger partial charge on any atom is -0.374 e. The molecule has 4 nitrogen and oxygen atoms in total. The molecule has 0 saturated heterocycles. The predicted octanol–water partition coefficient (Wildman–Crippen LogP) is 1.15. The molecule has 1 amide bonds. The van der Waals surface area contributed by atoms with Crippen molar-refractivity contribution in [2.75, 3.05) is 19.7 Å². The van der Waals surface area contributed by atoms with Crippen LogP contribution in [0.5, 0.6) is 0 Å².